The minimum absolute atomic E-state index is 0.0434. The molecule has 0 fully saturated rings. The van der Waals surface area contributed by atoms with Crippen LogP contribution in [0.25, 0.3) is 0 Å². The van der Waals surface area contributed by atoms with Crippen molar-refractivity contribution in [2.24, 2.45) is 0 Å². The number of amides is 1. The molecular weight excluding hydrogens is 408 g/mol. The van der Waals surface area contributed by atoms with E-state index in [1.54, 1.807) is 31.2 Å². The number of methoxy groups -OCH3 is 2. The third-order valence-corrected chi connectivity index (χ3v) is 5.25. The van der Waals surface area contributed by atoms with Crippen molar-refractivity contribution in [1.29, 1.82) is 0 Å². The van der Waals surface area contributed by atoms with E-state index in [0.29, 0.717) is 22.9 Å². The molecule has 0 spiro atoms. The summed E-state index contributed by atoms with van der Waals surface area (Å²) in [7, 11) is 2.47. The highest BCUT2D eigenvalue weighted by molar-refractivity contribution is 5.96. The number of ether oxygens (including phenoxy) is 2. The fraction of sp³-hybridized carbons (Fsp3) is 0.261. The molecule has 162 valence electrons. The van der Waals surface area contributed by atoms with Crippen LogP contribution < -0.4 is 0 Å². The van der Waals surface area contributed by atoms with Crippen molar-refractivity contribution < 1.29 is 32.6 Å². The molecule has 8 heteroatoms. The minimum Gasteiger partial charge on any atom is -0.466 e. The molecule has 1 heterocycles. The molecular formula is C23H21F2NO5. The van der Waals surface area contributed by atoms with Crippen LogP contribution in [0, 0.1) is 11.6 Å². The Morgan fingerprint density at radius 2 is 1.77 bits per heavy atom. The van der Waals surface area contributed by atoms with E-state index in [4.69, 9.17) is 9.47 Å². The van der Waals surface area contributed by atoms with E-state index < -0.39 is 29.5 Å². The summed E-state index contributed by atoms with van der Waals surface area (Å²) in [4.78, 5) is 38.7. The second-order valence-corrected chi connectivity index (χ2v) is 7.09. The Labute approximate surface area is 178 Å². The van der Waals surface area contributed by atoms with E-state index in [2.05, 4.69) is 0 Å². The first-order valence-corrected chi connectivity index (χ1v) is 9.48. The highest BCUT2D eigenvalue weighted by Gasteiger charge is 2.38. The second-order valence-electron chi connectivity index (χ2n) is 7.09. The van der Waals surface area contributed by atoms with Gasteiger partial charge >= 0.3 is 11.9 Å². The van der Waals surface area contributed by atoms with Crippen LogP contribution in [0.15, 0.2) is 53.7 Å². The monoisotopic (exact) mass is 429 g/mol. The van der Waals surface area contributed by atoms with Gasteiger partial charge in [0.15, 0.2) is 0 Å². The maximum absolute atomic E-state index is 14.4. The number of halogens is 2. The lowest BCUT2D eigenvalue weighted by atomic mass is 9.83. The lowest BCUT2D eigenvalue weighted by Gasteiger charge is -2.34. The van der Waals surface area contributed by atoms with Crippen molar-refractivity contribution in [3.8, 4) is 0 Å². The Bertz CT molecular complexity index is 1080. The molecule has 0 radical (unpaired) electrons. The predicted octanol–water partition coefficient (Wildman–Crippen LogP) is 3.71. The van der Waals surface area contributed by atoms with Gasteiger partial charge in [0.25, 0.3) is 0 Å². The Kier molecular flexibility index (Phi) is 6.48. The summed E-state index contributed by atoms with van der Waals surface area (Å²) in [6.07, 6.45) is -0.193. The Morgan fingerprint density at radius 3 is 2.42 bits per heavy atom. The maximum Gasteiger partial charge on any atom is 0.337 e. The van der Waals surface area contributed by atoms with Gasteiger partial charge in [0.05, 0.1) is 31.9 Å². The SMILES string of the molecule is COC(=O)C1=C(C)N(Cc2cccc(C(=O)OC)c2)C(=O)CC1c1ccc(F)cc1F. The Morgan fingerprint density at radius 1 is 1.06 bits per heavy atom. The van der Waals surface area contributed by atoms with Gasteiger partial charge in [-0.15, -0.1) is 0 Å². The van der Waals surface area contributed by atoms with Gasteiger partial charge in [0.2, 0.25) is 5.91 Å². The van der Waals surface area contributed by atoms with Gasteiger partial charge < -0.3 is 14.4 Å². The number of carbonyl (C=O) groups excluding carboxylic acids is 3. The largest absolute Gasteiger partial charge is 0.466 e. The normalized spacial score (nSPS) is 16.4. The van der Waals surface area contributed by atoms with Crippen LogP contribution in [0.2, 0.25) is 0 Å². The highest BCUT2D eigenvalue weighted by Crippen LogP contribution is 2.38. The van der Waals surface area contributed by atoms with E-state index in [9.17, 15) is 23.2 Å². The van der Waals surface area contributed by atoms with Gasteiger partial charge in [-0.1, -0.05) is 18.2 Å². The van der Waals surface area contributed by atoms with Crippen LogP contribution in [0.4, 0.5) is 8.78 Å². The molecule has 2 aromatic rings. The molecule has 3 rings (SSSR count). The molecule has 1 aliphatic rings. The lowest BCUT2D eigenvalue weighted by molar-refractivity contribution is -0.138. The molecule has 1 atom stereocenters. The smallest absolute Gasteiger partial charge is 0.337 e. The van der Waals surface area contributed by atoms with Gasteiger partial charge in [-0.05, 0) is 36.2 Å². The van der Waals surface area contributed by atoms with Gasteiger partial charge in [-0.3, -0.25) is 4.79 Å². The summed E-state index contributed by atoms with van der Waals surface area (Å²) < 4.78 is 37.4. The molecule has 1 amide bonds. The van der Waals surface area contributed by atoms with E-state index in [0.717, 1.165) is 6.07 Å². The fourth-order valence-electron chi connectivity index (χ4n) is 3.72. The van der Waals surface area contributed by atoms with Crippen LogP contribution in [-0.2, 0) is 25.6 Å². The first-order valence-electron chi connectivity index (χ1n) is 9.48. The summed E-state index contributed by atoms with van der Waals surface area (Å²) in [6.45, 7) is 1.66. The number of esters is 2. The van der Waals surface area contributed by atoms with E-state index in [1.807, 2.05) is 0 Å². The van der Waals surface area contributed by atoms with E-state index >= 15 is 0 Å². The van der Waals surface area contributed by atoms with Gasteiger partial charge in [0.1, 0.15) is 11.6 Å². The van der Waals surface area contributed by atoms with Crippen molar-refractivity contribution in [1.82, 2.24) is 4.90 Å². The molecule has 1 unspecified atom stereocenters. The quantitative estimate of drug-likeness (QED) is 0.678. The van der Waals surface area contributed by atoms with Crippen molar-refractivity contribution in [3.63, 3.8) is 0 Å². The third kappa shape index (κ3) is 4.47. The number of hydrogen-bond donors (Lipinski definition) is 0. The van der Waals surface area contributed by atoms with Crippen molar-refractivity contribution in [2.75, 3.05) is 14.2 Å². The number of carbonyl (C=O) groups is 3. The maximum atomic E-state index is 14.4. The average Bonchev–Trinajstić information content (AvgIpc) is 2.75. The number of hydrogen-bond acceptors (Lipinski definition) is 5. The topological polar surface area (TPSA) is 72.9 Å². The second kappa shape index (κ2) is 9.07. The number of rotatable bonds is 5. The molecule has 0 saturated heterocycles. The highest BCUT2D eigenvalue weighted by atomic mass is 19.1. The molecule has 0 N–H and O–H groups in total. The van der Waals surface area contributed by atoms with Crippen LogP contribution in [0.5, 0.6) is 0 Å². The number of benzene rings is 2. The zero-order chi connectivity index (χ0) is 22.7. The molecule has 0 aliphatic carbocycles. The predicted molar refractivity (Wildman–Crippen MR) is 107 cm³/mol. The first-order chi connectivity index (χ1) is 14.8. The minimum atomic E-state index is -0.904. The Balaban J connectivity index is 2.03. The molecule has 2 aromatic carbocycles. The lowest BCUT2D eigenvalue weighted by Crippen LogP contribution is -2.38. The number of nitrogens with zero attached hydrogens (tertiary/aromatic N) is 1. The molecule has 0 aromatic heterocycles. The van der Waals surface area contributed by atoms with Crippen molar-refractivity contribution in [3.05, 3.63) is 82.1 Å². The zero-order valence-corrected chi connectivity index (χ0v) is 17.3. The third-order valence-electron chi connectivity index (χ3n) is 5.25. The molecule has 1 aliphatic heterocycles. The summed E-state index contributed by atoms with van der Waals surface area (Å²) in [5, 5.41) is 0. The van der Waals surface area contributed by atoms with Crippen LogP contribution in [0.1, 0.15) is 40.7 Å². The Hall–Kier alpha value is -3.55. The van der Waals surface area contributed by atoms with Crippen LogP contribution in [0.3, 0.4) is 0 Å². The van der Waals surface area contributed by atoms with Crippen molar-refractivity contribution in [2.45, 2.75) is 25.8 Å². The fourth-order valence-corrected chi connectivity index (χ4v) is 3.72. The summed E-state index contributed by atoms with van der Waals surface area (Å²) in [6, 6.07) is 9.60. The van der Waals surface area contributed by atoms with Gasteiger partial charge in [-0.25, -0.2) is 18.4 Å². The zero-order valence-electron chi connectivity index (χ0n) is 17.3. The van der Waals surface area contributed by atoms with Gasteiger partial charge in [0, 0.05) is 24.1 Å². The summed E-state index contributed by atoms with van der Waals surface area (Å²) in [5.74, 6) is -4.06. The summed E-state index contributed by atoms with van der Waals surface area (Å²) in [5.41, 5.74) is 1.44. The molecule has 6 nitrogen and oxygen atoms in total. The molecule has 0 bridgehead atoms. The van der Waals surface area contributed by atoms with Crippen molar-refractivity contribution >= 4 is 17.8 Å². The standard InChI is InChI=1S/C23H21F2NO5/c1-13-21(23(29)31-3)18(17-8-7-16(24)10-19(17)25)11-20(27)26(13)12-14-5-4-6-15(9-14)22(28)30-2/h4-10,18H,11-12H2,1-3H3. The van der Waals surface area contributed by atoms with Crippen LogP contribution >= 0.6 is 0 Å². The van der Waals surface area contributed by atoms with Crippen LogP contribution in [-0.4, -0.2) is 37.0 Å². The van der Waals surface area contributed by atoms with Gasteiger partial charge in [-0.2, -0.15) is 0 Å². The summed E-state index contributed by atoms with van der Waals surface area (Å²) >= 11 is 0. The first kappa shape index (κ1) is 22.1. The number of allylic oxidation sites excluding steroid dienone is 1. The molecule has 31 heavy (non-hydrogen) atoms. The van der Waals surface area contributed by atoms with E-state index in [1.165, 1.54) is 25.2 Å². The molecule has 0 saturated carbocycles. The van der Waals surface area contributed by atoms with E-state index in [-0.39, 0.29) is 30.0 Å². The average molecular weight is 429 g/mol.